The van der Waals surface area contributed by atoms with Gasteiger partial charge in [-0.05, 0) is 44.7 Å². The molecule has 1 saturated heterocycles. The summed E-state index contributed by atoms with van der Waals surface area (Å²) in [4.78, 5) is 57.8. The molecule has 1 aromatic carbocycles. The summed E-state index contributed by atoms with van der Waals surface area (Å²) in [7, 11) is 0. The van der Waals surface area contributed by atoms with E-state index in [1.807, 2.05) is 6.07 Å². The fourth-order valence-electron chi connectivity index (χ4n) is 4.15. The molecule has 0 bridgehead atoms. The molecular formula is C25H30N4O5S. The monoisotopic (exact) mass is 498 g/mol. The van der Waals surface area contributed by atoms with Crippen LogP contribution >= 0.6 is 11.3 Å². The number of rotatable bonds is 9. The first-order valence-electron chi connectivity index (χ1n) is 12.0. The second-order valence-electron chi connectivity index (χ2n) is 8.81. The van der Waals surface area contributed by atoms with Gasteiger partial charge in [-0.2, -0.15) is 0 Å². The predicted octanol–water partition coefficient (Wildman–Crippen LogP) is 2.73. The summed E-state index contributed by atoms with van der Waals surface area (Å²) in [5, 5.41) is 4.92. The number of esters is 1. The van der Waals surface area contributed by atoms with Crippen LogP contribution in [0.15, 0.2) is 35.7 Å². The number of carbonyl (C=O) groups excluding carboxylic acids is 4. The molecule has 9 nitrogen and oxygen atoms in total. The fraction of sp³-hybridized carbons (Fsp3) is 0.480. The first-order chi connectivity index (χ1) is 16.9. The molecule has 0 radical (unpaired) electrons. The van der Waals surface area contributed by atoms with Crippen LogP contribution in [0.1, 0.15) is 48.7 Å². The van der Waals surface area contributed by atoms with Gasteiger partial charge in [0, 0.05) is 30.1 Å². The zero-order valence-electron chi connectivity index (χ0n) is 19.8. The first-order valence-corrected chi connectivity index (χ1v) is 12.9. The van der Waals surface area contributed by atoms with E-state index in [9.17, 15) is 19.2 Å². The number of nitrogens with one attached hydrogen (secondary N) is 1. The van der Waals surface area contributed by atoms with E-state index in [-0.39, 0.29) is 48.6 Å². The lowest BCUT2D eigenvalue weighted by atomic mass is 9.97. The maximum absolute atomic E-state index is 12.8. The van der Waals surface area contributed by atoms with Crippen LogP contribution in [-0.4, -0.2) is 70.8 Å². The van der Waals surface area contributed by atoms with Crippen molar-refractivity contribution in [2.24, 2.45) is 5.92 Å². The number of nitrogens with zero attached hydrogens (tertiary/aromatic N) is 3. The van der Waals surface area contributed by atoms with Crippen molar-refractivity contribution in [3.05, 3.63) is 47.0 Å². The molecule has 3 amide bonds. The maximum Gasteiger partial charge on any atom is 0.309 e. The Morgan fingerprint density at radius 1 is 1.11 bits per heavy atom. The summed E-state index contributed by atoms with van der Waals surface area (Å²) in [6.45, 7) is 3.14. The number of benzene rings is 1. The Kier molecular flexibility index (Phi) is 8.12. The standard InChI is InChI=1S/C25H30N4O5S/c1-2-34-24(33)18-10-12-28(13-11-18)22(31)14-19-16-35-25(26-19)27-21(30)15-29(20-8-9-20)23(32)17-6-4-3-5-7-17/h3-7,16,18,20H,2,8-15H2,1H3,(H,26,27,30). The Morgan fingerprint density at radius 2 is 1.83 bits per heavy atom. The molecule has 4 rings (SSSR count). The average molecular weight is 499 g/mol. The molecule has 1 aromatic heterocycles. The molecule has 0 atom stereocenters. The summed E-state index contributed by atoms with van der Waals surface area (Å²) >= 11 is 1.25. The third-order valence-corrected chi connectivity index (χ3v) is 6.99. The van der Waals surface area contributed by atoms with Crippen molar-refractivity contribution in [2.75, 3.05) is 31.6 Å². The van der Waals surface area contributed by atoms with Gasteiger partial charge in [0.2, 0.25) is 11.8 Å². The predicted molar refractivity (Wildman–Crippen MR) is 131 cm³/mol. The van der Waals surface area contributed by atoms with Crippen LogP contribution < -0.4 is 5.32 Å². The largest absolute Gasteiger partial charge is 0.466 e. The van der Waals surface area contributed by atoms with E-state index in [0.29, 0.717) is 48.9 Å². The number of likely N-dealkylation sites (tertiary alicyclic amines) is 1. The molecule has 1 N–H and O–H groups in total. The quantitative estimate of drug-likeness (QED) is 0.533. The first kappa shape index (κ1) is 24.8. The summed E-state index contributed by atoms with van der Waals surface area (Å²) in [5.41, 5.74) is 1.15. The highest BCUT2D eigenvalue weighted by Gasteiger charge is 2.34. The molecule has 2 aliphatic rings. The highest BCUT2D eigenvalue weighted by Crippen LogP contribution is 2.28. The number of ether oxygens (including phenoxy) is 1. The second-order valence-corrected chi connectivity index (χ2v) is 9.66. The highest BCUT2D eigenvalue weighted by molar-refractivity contribution is 7.13. The van der Waals surface area contributed by atoms with Crippen molar-refractivity contribution in [1.29, 1.82) is 0 Å². The van der Waals surface area contributed by atoms with E-state index >= 15 is 0 Å². The fourth-order valence-corrected chi connectivity index (χ4v) is 4.88. The minimum absolute atomic E-state index is 0.0400. The topological polar surface area (TPSA) is 109 Å². The molecule has 0 spiro atoms. The Balaban J connectivity index is 1.26. The average Bonchev–Trinajstić information content (AvgIpc) is 3.63. The van der Waals surface area contributed by atoms with Crippen LogP contribution in [0, 0.1) is 5.92 Å². The lowest BCUT2D eigenvalue weighted by Gasteiger charge is -2.30. The van der Waals surface area contributed by atoms with E-state index in [0.717, 1.165) is 12.8 Å². The molecule has 0 unspecified atom stereocenters. The summed E-state index contributed by atoms with van der Waals surface area (Å²) in [5.74, 6) is -0.854. The van der Waals surface area contributed by atoms with Crippen molar-refractivity contribution < 1.29 is 23.9 Å². The van der Waals surface area contributed by atoms with Crippen LogP contribution in [0.25, 0.3) is 0 Å². The molecule has 2 aromatic rings. The van der Waals surface area contributed by atoms with Crippen molar-refractivity contribution in [3.63, 3.8) is 0 Å². The van der Waals surface area contributed by atoms with Crippen molar-refractivity contribution in [1.82, 2.24) is 14.8 Å². The molecule has 10 heteroatoms. The third kappa shape index (κ3) is 6.66. The SMILES string of the molecule is CCOC(=O)C1CCN(C(=O)Cc2csc(NC(=O)CN(C(=O)c3ccccc3)C3CC3)n2)CC1. The van der Waals surface area contributed by atoms with Crippen molar-refractivity contribution in [2.45, 2.75) is 45.1 Å². The molecule has 35 heavy (non-hydrogen) atoms. The minimum Gasteiger partial charge on any atom is -0.466 e. The van der Waals surface area contributed by atoms with E-state index < -0.39 is 0 Å². The molecule has 1 saturated carbocycles. The van der Waals surface area contributed by atoms with Crippen LogP contribution in [0.2, 0.25) is 0 Å². The van der Waals surface area contributed by atoms with Crippen LogP contribution in [-0.2, 0) is 25.5 Å². The van der Waals surface area contributed by atoms with Crippen LogP contribution in [0.3, 0.4) is 0 Å². The van der Waals surface area contributed by atoms with Gasteiger partial charge in [-0.15, -0.1) is 11.3 Å². The zero-order chi connectivity index (χ0) is 24.8. The number of aromatic nitrogens is 1. The maximum atomic E-state index is 12.8. The van der Waals surface area contributed by atoms with Gasteiger partial charge < -0.3 is 19.9 Å². The van der Waals surface area contributed by atoms with E-state index in [1.54, 1.807) is 46.4 Å². The molecular weight excluding hydrogens is 468 g/mol. The molecule has 1 aliphatic heterocycles. The lowest BCUT2D eigenvalue weighted by Crippen LogP contribution is -2.41. The van der Waals surface area contributed by atoms with Gasteiger partial charge in [-0.25, -0.2) is 4.98 Å². The van der Waals surface area contributed by atoms with Gasteiger partial charge in [-0.3, -0.25) is 19.2 Å². The highest BCUT2D eigenvalue weighted by atomic mass is 32.1. The Labute approximate surface area is 208 Å². The van der Waals surface area contributed by atoms with Gasteiger partial charge in [0.15, 0.2) is 5.13 Å². The molecule has 186 valence electrons. The molecule has 1 aliphatic carbocycles. The number of hydrogen-bond acceptors (Lipinski definition) is 7. The van der Waals surface area contributed by atoms with Crippen LogP contribution in [0.5, 0.6) is 0 Å². The smallest absolute Gasteiger partial charge is 0.309 e. The van der Waals surface area contributed by atoms with Gasteiger partial charge in [0.25, 0.3) is 5.91 Å². The van der Waals surface area contributed by atoms with Crippen molar-refractivity contribution >= 4 is 40.2 Å². The number of hydrogen-bond donors (Lipinski definition) is 1. The zero-order valence-corrected chi connectivity index (χ0v) is 20.6. The number of carbonyl (C=O) groups is 4. The number of anilines is 1. The van der Waals surface area contributed by atoms with Gasteiger partial charge >= 0.3 is 5.97 Å². The minimum atomic E-state index is -0.311. The Morgan fingerprint density at radius 3 is 2.49 bits per heavy atom. The third-order valence-electron chi connectivity index (χ3n) is 6.18. The number of thiazole rings is 1. The van der Waals surface area contributed by atoms with Crippen molar-refractivity contribution in [3.8, 4) is 0 Å². The number of piperidine rings is 1. The summed E-state index contributed by atoms with van der Waals surface area (Å²) < 4.78 is 5.08. The normalized spacial score (nSPS) is 16.0. The Hall–Kier alpha value is -3.27. The molecule has 2 fully saturated rings. The number of amides is 3. The van der Waals surface area contributed by atoms with Gasteiger partial charge in [0.1, 0.15) is 6.54 Å². The van der Waals surface area contributed by atoms with Gasteiger partial charge in [0.05, 0.1) is 24.6 Å². The second kappa shape index (κ2) is 11.4. The lowest BCUT2D eigenvalue weighted by molar-refractivity contribution is -0.151. The summed E-state index contributed by atoms with van der Waals surface area (Å²) in [6, 6.07) is 9.05. The van der Waals surface area contributed by atoms with Crippen LogP contribution in [0.4, 0.5) is 5.13 Å². The Bertz CT molecular complexity index is 1060. The molecule has 2 heterocycles. The van der Waals surface area contributed by atoms with E-state index in [4.69, 9.17) is 4.74 Å². The van der Waals surface area contributed by atoms with E-state index in [1.165, 1.54) is 11.3 Å². The van der Waals surface area contributed by atoms with Gasteiger partial charge in [-0.1, -0.05) is 18.2 Å². The summed E-state index contributed by atoms with van der Waals surface area (Å²) in [6.07, 6.45) is 3.13. The van der Waals surface area contributed by atoms with E-state index in [2.05, 4.69) is 10.3 Å².